The van der Waals surface area contributed by atoms with Gasteiger partial charge in [0.05, 0.1) is 0 Å². The minimum Gasteiger partial charge on any atom is -0.508 e. The molecule has 0 spiro atoms. The highest BCUT2D eigenvalue weighted by atomic mass is 32.1. The van der Waals surface area contributed by atoms with Crippen molar-refractivity contribution in [2.45, 2.75) is 39.2 Å². The molecule has 0 saturated carbocycles. The molecule has 1 N–H and O–H groups in total. The van der Waals surface area contributed by atoms with Crippen molar-refractivity contribution in [3.63, 3.8) is 0 Å². The second-order valence-corrected chi connectivity index (χ2v) is 7.79. The maximum atomic E-state index is 12.2. The maximum absolute atomic E-state index is 12.2. The molecule has 0 atom stereocenters. The van der Waals surface area contributed by atoms with Gasteiger partial charge in [-0.2, -0.15) is 0 Å². The lowest BCUT2D eigenvalue weighted by Crippen LogP contribution is -2.38. The summed E-state index contributed by atoms with van der Waals surface area (Å²) in [6.07, 6.45) is 1.44. The van der Waals surface area contributed by atoms with E-state index in [1.165, 1.54) is 15.8 Å². The Morgan fingerprint density at radius 1 is 1.27 bits per heavy atom. The number of nitrogens with zero attached hydrogens (tertiary/aromatic N) is 1. The molecule has 5 heteroatoms. The number of ether oxygens (including phenoxy) is 1. The van der Waals surface area contributed by atoms with E-state index in [0.717, 1.165) is 17.5 Å². The van der Waals surface area contributed by atoms with Gasteiger partial charge in [0, 0.05) is 22.7 Å². The molecule has 4 nitrogen and oxygen atoms in total. The molecule has 2 heterocycles. The number of phenols is 1. The van der Waals surface area contributed by atoms with Crippen molar-refractivity contribution < 1.29 is 14.6 Å². The fourth-order valence-corrected chi connectivity index (χ4v) is 4.04. The van der Waals surface area contributed by atoms with Crippen LogP contribution in [0.15, 0.2) is 18.2 Å². The summed E-state index contributed by atoms with van der Waals surface area (Å²) < 4.78 is 6.59. The monoisotopic (exact) mass is 319 g/mol. The number of hydrogen-bond donors (Lipinski definition) is 1. The van der Waals surface area contributed by atoms with Gasteiger partial charge in [0.15, 0.2) is 0 Å². The standard InChI is InChI=1S/C17H21NO3S/c1-17(2,3)21-16(20)18-8-6-13-12-5-4-11(19)10-15(12)22-14(13)7-9-18/h4-5,10,19H,6-9H2,1-3H3. The third-order valence-corrected chi connectivity index (χ3v) is 5.01. The Bertz CT molecular complexity index is 714. The molecule has 0 unspecified atom stereocenters. The van der Waals surface area contributed by atoms with Crippen LogP contribution in [-0.4, -0.2) is 34.8 Å². The first kappa shape index (κ1) is 15.2. The summed E-state index contributed by atoms with van der Waals surface area (Å²) in [5.74, 6) is 0.305. The molecule has 0 saturated heterocycles. The van der Waals surface area contributed by atoms with Crippen LogP contribution in [0.2, 0.25) is 0 Å². The van der Waals surface area contributed by atoms with Crippen LogP contribution in [0.3, 0.4) is 0 Å². The molecule has 0 fully saturated rings. The summed E-state index contributed by atoms with van der Waals surface area (Å²) in [5.41, 5.74) is 0.851. The molecule has 1 aliphatic rings. The maximum Gasteiger partial charge on any atom is 0.410 e. The summed E-state index contributed by atoms with van der Waals surface area (Å²) in [7, 11) is 0. The number of rotatable bonds is 0. The quantitative estimate of drug-likeness (QED) is 0.800. The van der Waals surface area contributed by atoms with E-state index in [1.807, 2.05) is 32.9 Å². The highest BCUT2D eigenvalue weighted by molar-refractivity contribution is 7.19. The van der Waals surface area contributed by atoms with Crippen molar-refractivity contribution in [2.75, 3.05) is 13.1 Å². The molecular weight excluding hydrogens is 298 g/mol. The van der Waals surface area contributed by atoms with Gasteiger partial charge < -0.3 is 14.7 Å². The van der Waals surface area contributed by atoms with Gasteiger partial charge in [-0.15, -0.1) is 11.3 Å². The van der Waals surface area contributed by atoms with Gasteiger partial charge in [-0.1, -0.05) is 0 Å². The second kappa shape index (κ2) is 5.47. The molecular formula is C17H21NO3S. The van der Waals surface area contributed by atoms with Crippen molar-refractivity contribution in [3.8, 4) is 5.75 Å². The third kappa shape index (κ3) is 3.04. The number of carbonyl (C=O) groups excluding carboxylic acids is 1. The molecule has 0 radical (unpaired) electrons. The summed E-state index contributed by atoms with van der Waals surface area (Å²) in [4.78, 5) is 15.3. The van der Waals surface area contributed by atoms with Crippen LogP contribution in [0.5, 0.6) is 5.75 Å². The Balaban J connectivity index is 1.80. The predicted octanol–water partition coefficient (Wildman–Crippen LogP) is 3.94. The third-order valence-electron chi connectivity index (χ3n) is 3.75. The average Bonchev–Trinajstić information content (AvgIpc) is 2.60. The second-order valence-electron chi connectivity index (χ2n) is 6.65. The zero-order valence-electron chi connectivity index (χ0n) is 13.2. The van der Waals surface area contributed by atoms with Crippen LogP contribution in [0.4, 0.5) is 4.79 Å². The van der Waals surface area contributed by atoms with E-state index in [1.54, 1.807) is 22.3 Å². The number of fused-ring (bicyclic) bond motifs is 3. The first-order valence-electron chi connectivity index (χ1n) is 7.55. The van der Waals surface area contributed by atoms with Crippen LogP contribution in [0.25, 0.3) is 10.1 Å². The first-order chi connectivity index (χ1) is 10.3. The normalized spacial score (nSPS) is 15.5. The lowest BCUT2D eigenvalue weighted by Gasteiger charge is -2.26. The Labute approximate surface area is 134 Å². The smallest absolute Gasteiger partial charge is 0.410 e. The van der Waals surface area contributed by atoms with E-state index in [-0.39, 0.29) is 6.09 Å². The van der Waals surface area contributed by atoms with Crippen LogP contribution in [0.1, 0.15) is 31.2 Å². The summed E-state index contributed by atoms with van der Waals surface area (Å²) in [6.45, 7) is 7.02. The number of thiophene rings is 1. The number of benzene rings is 1. The molecule has 2 aromatic rings. The van der Waals surface area contributed by atoms with Gasteiger partial charge in [-0.3, -0.25) is 0 Å². The first-order valence-corrected chi connectivity index (χ1v) is 8.36. The van der Waals surface area contributed by atoms with Gasteiger partial charge in [-0.05, 0) is 62.8 Å². The largest absolute Gasteiger partial charge is 0.508 e. The van der Waals surface area contributed by atoms with Gasteiger partial charge in [0.1, 0.15) is 11.4 Å². The van der Waals surface area contributed by atoms with Crippen molar-refractivity contribution in [2.24, 2.45) is 0 Å². The number of phenolic OH excluding ortho intramolecular Hbond substituents is 1. The zero-order chi connectivity index (χ0) is 15.9. The molecule has 0 bridgehead atoms. The SMILES string of the molecule is CC(C)(C)OC(=O)N1CCc2sc3cc(O)ccc3c2CC1. The van der Waals surface area contributed by atoms with Crippen molar-refractivity contribution in [1.82, 2.24) is 4.90 Å². The number of hydrogen-bond acceptors (Lipinski definition) is 4. The molecule has 1 aromatic carbocycles. The summed E-state index contributed by atoms with van der Waals surface area (Å²) in [5, 5.41) is 10.8. The van der Waals surface area contributed by atoms with E-state index in [2.05, 4.69) is 0 Å². The van der Waals surface area contributed by atoms with Gasteiger partial charge in [0.25, 0.3) is 0 Å². The highest BCUT2D eigenvalue weighted by Crippen LogP contribution is 2.35. The highest BCUT2D eigenvalue weighted by Gasteiger charge is 2.25. The Morgan fingerprint density at radius 2 is 2.00 bits per heavy atom. The average molecular weight is 319 g/mol. The predicted molar refractivity (Wildman–Crippen MR) is 88.7 cm³/mol. The number of carbonyl (C=O) groups is 1. The number of amides is 1. The van der Waals surface area contributed by atoms with E-state index >= 15 is 0 Å². The molecule has 0 aliphatic carbocycles. The van der Waals surface area contributed by atoms with Crippen LogP contribution in [0, 0.1) is 0 Å². The lowest BCUT2D eigenvalue weighted by molar-refractivity contribution is 0.0259. The minimum atomic E-state index is -0.460. The van der Waals surface area contributed by atoms with E-state index < -0.39 is 5.60 Å². The Kier molecular flexibility index (Phi) is 3.77. The topological polar surface area (TPSA) is 49.8 Å². The number of aromatic hydroxyl groups is 1. The summed E-state index contributed by atoms with van der Waals surface area (Å²) in [6, 6.07) is 5.52. The summed E-state index contributed by atoms with van der Waals surface area (Å²) >= 11 is 1.72. The minimum absolute atomic E-state index is 0.232. The molecule has 3 rings (SSSR count). The lowest BCUT2D eigenvalue weighted by atomic mass is 10.1. The fourth-order valence-electron chi connectivity index (χ4n) is 2.77. The Hall–Kier alpha value is -1.75. The van der Waals surface area contributed by atoms with Crippen LogP contribution >= 0.6 is 11.3 Å². The van der Waals surface area contributed by atoms with Crippen molar-refractivity contribution in [1.29, 1.82) is 0 Å². The zero-order valence-corrected chi connectivity index (χ0v) is 14.0. The van der Waals surface area contributed by atoms with Crippen molar-refractivity contribution >= 4 is 27.5 Å². The van der Waals surface area contributed by atoms with Gasteiger partial charge >= 0.3 is 6.09 Å². The van der Waals surface area contributed by atoms with E-state index in [4.69, 9.17) is 4.74 Å². The molecule has 118 valence electrons. The fraction of sp³-hybridized carbons (Fsp3) is 0.471. The molecule has 1 aliphatic heterocycles. The molecule has 22 heavy (non-hydrogen) atoms. The Morgan fingerprint density at radius 3 is 2.73 bits per heavy atom. The van der Waals surface area contributed by atoms with Gasteiger partial charge in [0.2, 0.25) is 0 Å². The van der Waals surface area contributed by atoms with Crippen LogP contribution < -0.4 is 0 Å². The van der Waals surface area contributed by atoms with E-state index in [9.17, 15) is 9.90 Å². The molecule has 1 aromatic heterocycles. The van der Waals surface area contributed by atoms with E-state index in [0.29, 0.717) is 18.8 Å². The van der Waals surface area contributed by atoms with Gasteiger partial charge in [-0.25, -0.2) is 4.79 Å². The molecule has 1 amide bonds. The van der Waals surface area contributed by atoms with Crippen molar-refractivity contribution in [3.05, 3.63) is 28.6 Å². The van der Waals surface area contributed by atoms with Crippen LogP contribution in [-0.2, 0) is 17.6 Å².